The van der Waals surface area contributed by atoms with Crippen LogP contribution in [0.5, 0.6) is 0 Å². The second kappa shape index (κ2) is 6.94. The lowest BCUT2D eigenvalue weighted by atomic mass is 10.1. The van der Waals surface area contributed by atoms with Crippen molar-refractivity contribution in [3.8, 4) is 0 Å². The molecule has 3 unspecified atom stereocenters. The van der Waals surface area contributed by atoms with Crippen molar-refractivity contribution in [2.45, 2.75) is 58.2 Å². The van der Waals surface area contributed by atoms with Crippen LogP contribution in [0.15, 0.2) is 24.3 Å². The number of urea groups is 1. The number of carbonyl (C=O) groups is 1. The van der Waals surface area contributed by atoms with Gasteiger partial charge in [-0.3, -0.25) is 0 Å². The number of likely N-dealkylation sites (tertiary alicyclic amines) is 1. The van der Waals surface area contributed by atoms with Crippen LogP contribution < -0.4 is 10.6 Å². The van der Waals surface area contributed by atoms with Crippen LogP contribution in [-0.2, 0) is 0 Å². The molecule has 1 saturated heterocycles. The Kier molecular flexibility index (Phi) is 5.23. The summed E-state index contributed by atoms with van der Waals surface area (Å²) in [5, 5.41) is 6.24. The molecular weight excluding hydrogens is 262 g/mol. The second-order valence-electron chi connectivity index (χ2n) is 5.96. The Balaban J connectivity index is 2.02. The molecule has 1 aromatic rings. The van der Waals surface area contributed by atoms with Crippen LogP contribution in [0.2, 0.25) is 0 Å². The van der Waals surface area contributed by atoms with Gasteiger partial charge in [0.15, 0.2) is 0 Å². The number of nitrogens with zero attached hydrogens (tertiary/aromatic N) is 1. The average Bonchev–Trinajstić information content (AvgIpc) is 2.88. The van der Waals surface area contributed by atoms with Gasteiger partial charge in [0, 0.05) is 23.8 Å². The van der Waals surface area contributed by atoms with Crippen LogP contribution in [0.1, 0.15) is 51.6 Å². The Labute approximate surface area is 127 Å². The fraction of sp³-hybridized carbons (Fsp3) is 0.588. The zero-order valence-electron chi connectivity index (χ0n) is 13.5. The van der Waals surface area contributed by atoms with E-state index in [1.165, 1.54) is 5.56 Å². The third-order valence-corrected chi connectivity index (χ3v) is 4.59. The first-order chi connectivity index (χ1) is 10.1. The minimum Gasteiger partial charge on any atom is -0.319 e. The number of hydrogen-bond donors (Lipinski definition) is 2. The molecule has 1 aromatic carbocycles. The maximum atomic E-state index is 12.5. The maximum Gasteiger partial charge on any atom is 0.322 e. The van der Waals surface area contributed by atoms with E-state index in [0.29, 0.717) is 18.1 Å². The van der Waals surface area contributed by atoms with Crippen molar-refractivity contribution in [1.29, 1.82) is 0 Å². The van der Waals surface area contributed by atoms with Gasteiger partial charge >= 0.3 is 6.03 Å². The van der Waals surface area contributed by atoms with E-state index in [2.05, 4.69) is 43.5 Å². The summed E-state index contributed by atoms with van der Waals surface area (Å²) < 4.78 is 0. The first-order valence-electron chi connectivity index (χ1n) is 7.93. The summed E-state index contributed by atoms with van der Waals surface area (Å²) in [6.45, 7) is 6.40. The quantitative estimate of drug-likeness (QED) is 0.886. The minimum atomic E-state index is 0.0289. The van der Waals surface area contributed by atoms with E-state index in [1.807, 2.05) is 24.1 Å². The van der Waals surface area contributed by atoms with Crippen LogP contribution in [0, 0.1) is 0 Å². The van der Waals surface area contributed by atoms with Crippen LogP contribution >= 0.6 is 0 Å². The summed E-state index contributed by atoms with van der Waals surface area (Å²) in [5.74, 6) is 0. The fourth-order valence-electron chi connectivity index (χ4n) is 3.05. The van der Waals surface area contributed by atoms with Gasteiger partial charge in [-0.15, -0.1) is 0 Å². The first-order valence-corrected chi connectivity index (χ1v) is 7.93. The highest BCUT2D eigenvalue weighted by atomic mass is 16.2. The molecule has 4 heteroatoms. The lowest BCUT2D eigenvalue weighted by molar-refractivity contribution is 0.188. The zero-order valence-corrected chi connectivity index (χ0v) is 13.5. The Morgan fingerprint density at radius 3 is 2.57 bits per heavy atom. The largest absolute Gasteiger partial charge is 0.322 e. The fourth-order valence-corrected chi connectivity index (χ4v) is 3.05. The highest BCUT2D eigenvalue weighted by Gasteiger charge is 2.33. The summed E-state index contributed by atoms with van der Waals surface area (Å²) in [7, 11) is 1.94. The smallest absolute Gasteiger partial charge is 0.319 e. The van der Waals surface area contributed by atoms with E-state index in [4.69, 9.17) is 0 Å². The monoisotopic (exact) mass is 289 g/mol. The normalized spacial score (nSPS) is 23.1. The van der Waals surface area contributed by atoms with Crippen molar-refractivity contribution in [1.82, 2.24) is 10.2 Å². The second-order valence-corrected chi connectivity index (χ2v) is 5.96. The molecule has 0 spiro atoms. The molecule has 4 nitrogen and oxygen atoms in total. The third kappa shape index (κ3) is 3.56. The molecule has 0 radical (unpaired) electrons. The van der Waals surface area contributed by atoms with Gasteiger partial charge in [0.1, 0.15) is 0 Å². The molecule has 0 aliphatic carbocycles. The van der Waals surface area contributed by atoms with Crippen molar-refractivity contribution in [3.63, 3.8) is 0 Å². The van der Waals surface area contributed by atoms with Crippen molar-refractivity contribution in [2.24, 2.45) is 0 Å². The molecule has 1 fully saturated rings. The molecule has 21 heavy (non-hydrogen) atoms. The number of hydrogen-bond acceptors (Lipinski definition) is 2. The predicted octanol–water partition coefficient (Wildman–Crippen LogP) is 3.76. The van der Waals surface area contributed by atoms with Gasteiger partial charge in [-0.2, -0.15) is 0 Å². The summed E-state index contributed by atoms with van der Waals surface area (Å²) in [6, 6.07) is 9.12. The third-order valence-electron chi connectivity index (χ3n) is 4.59. The van der Waals surface area contributed by atoms with Crippen LogP contribution in [0.4, 0.5) is 10.5 Å². The summed E-state index contributed by atoms with van der Waals surface area (Å²) in [6.07, 6.45) is 3.24. The van der Waals surface area contributed by atoms with Gasteiger partial charge in [-0.1, -0.05) is 19.1 Å². The lowest BCUT2D eigenvalue weighted by Crippen LogP contribution is -2.42. The molecule has 2 amide bonds. The van der Waals surface area contributed by atoms with Gasteiger partial charge in [0.2, 0.25) is 0 Å². The van der Waals surface area contributed by atoms with Gasteiger partial charge in [0.25, 0.3) is 0 Å². The highest BCUT2D eigenvalue weighted by molar-refractivity contribution is 5.90. The standard InChI is InChI=1S/C17H27N3O/c1-5-16-11-6-12(2)20(16)17(21)19-15-9-7-14(8-10-15)13(3)18-4/h7-10,12-13,16,18H,5-6,11H2,1-4H3,(H,19,21). The summed E-state index contributed by atoms with van der Waals surface area (Å²) >= 11 is 0. The summed E-state index contributed by atoms with van der Waals surface area (Å²) in [4.78, 5) is 14.5. The number of benzene rings is 1. The van der Waals surface area contributed by atoms with Gasteiger partial charge in [-0.25, -0.2) is 4.79 Å². The average molecular weight is 289 g/mol. The number of anilines is 1. The van der Waals surface area contributed by atoms with Gasteiger partial charge < -0.3 is 15.5 Å². The van der Waals surface area contributed by atoms with Crippen LogP contribution in [0.25, 0.3) is 0 Å². The van der Waals surface area contributed by atoms with Crippen LogP contribution in [-0.4, -0.2) is 30.1 Å². The molecule has 0 aromatic heterocycles. The Hall–Kier alpha value is -1.55. The number of nitrogens with one attached hydrogen (secondary N) is 2. The van der Waals surface area contributed by atoms with E-state index in [9.17, 15) is 4.79 Å². The molecule has 116 valence electrons. The van der Waals surface area contributed by atoms with Gasteiger partial charge in [0.05, 0.1) is 0 Å². The zero-order chi connectivity index (χ0) is 15.4. The highest BCUT2D eigenvalue weighted by Crippen LogP contribution is 2.27. The molecule has 2 rings (SSSR count). The molecule has 3 atom stereocenters. The SMILES string of the molecule is CCC1CCC(C)N1C(=O)Nc1ccc(C(C)NC)cc1. The molecule has 1 aliphatic heterocycles. The Bertz CT molecular complexity index is 471. The van der Waals surface area contributed by atoms with E-state index >= 15 is 0 Å². The summed E-state index contributed by atoms with van der Waals surface area (Å²) in [5.41, 5.74) is 2.08. The van der Waals surface area contributed by atoms with Crippen molar-refractivity contribution in [2.75, 3.05) is 12.4 Å². The van der Waals surface area contributed by atoms with Gasteiger partial charge in [-0.05, 0) is 57.9 Å². The molecule has 0 saturated carbocycles. The number of rotatable bonds is 4. The van der Waals surface area contributed by atoms with Crippen LogP contribution in [0.3, 0.4) is 0 Å². The molecule has 2 N–H and O–H groups in total. The number of amides is 2. The predicted molar refractivity (Wildman–Crippen MR) is 87.5 cm³/mol. The van der Waals surface area contributed by atoms with Crippen molar-refractivity contribution >= 4 is 11.7 Å². The topological polar surface area (TPSA) is 44.4 Å². The maximum absolute atomic E-state index is 12.5. The molecule has 1 heterocycles. The minimum absolute atomic E-state index is 0.0289. The Morgan fingerprint density at radius 1 is 1.33 bits per heavy atom. The lowest BCUT2D eigenvalue weighted by Gasteiger charge is -2.28. The molecule has 0 bridgehead atoms. The molecular formula is C17H27N3O. The van der Waals surface area contributed by atoms with E-state index in [-0.39, 0.29) is 6.03 Å². The van der Waals surface area contributed by atoms with Crippen molar-refractivity contribution in [3.05, 3.63) is 29.8 Å². The Morgan fingerprint density at radius 2 is 2.00 bits per heavy atom. The van der Waals surface area contributed by atoms with E-state index in [1.54, 1.807) is 0 Å². The number of carbonyl (C=O) groups excluding carboxylic acids is 1. The van der Waals surface area contributed by atoms with E-state index in [0.717, 1.165) is 24.9 Å². The molecule has 1 aliphatic rings. The van der Waals surface area contributed by atoms with E-state index < -0.39 is 0 Å². The first kappa shape index (κ1) is 15.8. The van der Waals surface area contributed by atoms with Crippen molar-refractivity contribution < 1.29 is 4.79 Å².